The SMILES string of the molecule is CC(=O)N1CCC(c2cc(C(=O)O)n(C)n2)CC1. The van der Waals surface area contributed by atoms with Crippen molar-refractivity contribution in [3.63, 3.8) is 0 Å². The number of amides is 1. The van der Waals surface area contributed by atoms with Gasteiger partial charge in [0, 0.05) is 33.0 Å². The minimum absolute atomic E-state index is 0.0979. The number of rotatable bonds is 2. The van der Waals surface area contributed by atoms with Gasteiger partial charge in [-0.3, -0.25) is 9.48 Å². The van der Waals surface area contributed by atoms with E-state index in [1.165, 1.54) is 4.68 Å². The Morgan fingerprint density at radius 3 is 2.44 bits per heavy atom. The number of hydrogen-bond donors (Lipinski definition) is 1. The molecule has 1 aliphatic rings. The summed E-state index contributed by atoms with van der Waals surface area (Å²) in [5.74, 6) is -0.613. The third kappa shape index (κ3) is 2.37. The van der Waals surface area contributed by atoms with Gasteiger partial charge >= 0.3 is 5.97 Å². The number of carbonyl (C=O) groups is 2. The summed E-state index contributed by atoms with van der Waals surface area (Å²) >= 11 is 0. The zero-order valence-electron chi connectivity index (χ0n) is 10.6. The largest absolute Gasteiger partial charge is 0.477 e. The van der Waals surface area contributed by atoms with Gasteiger partial charge in [0.1, 0.15) is 5.69 Å². The summed E-state index contributed by atoms with van der Waals surface area (Å²) in [6.45, 7) is 3.02. The fourth-order valence-corrected chi connectivity index (χ4v) is 2.38. The second-order valence-corrected chi connectivity index (χ2v) is 4.66. The molecule has 98 valence electrons. The Hall–Kier alpha value is -1.85. The second-order valence-electron chi connectivity index (χ2n) is 4.66. The number of aryl methyl sites for hydroxylation is 1. The van der Waals surface area contributed by atoms with Crippen molar-refractivity contribution in [1.82, 2.24) is 14.7 Å². The Morgan fingerprint density at radius 1 is 1.39 bits per heavy atom. The minimum atomic E-state index is -0.961. The standard InChI is InChI=1S/C12H17N3O3/c1-8(16)15-5-3-9(4-6-15)10-7-11(12(17)18)14(2)13-10/h7,9H,3-6H2,1-2H3,(H,17,18). The fourth-order valence-electron chi connectivity index (χ4n) is 2.38. The summed E-state index contributed by atoms with van der Waals surface area (Å²) in [6, 6.07) is 1.64. The lowest BCUT2D eigenvalue weighted by Crippen LogP contribution is -2.36. The van der Waals surface area contributed by atoms with E-state index < -0.39 is 5.97 Å². The third-order valence-corrected chi connectivity index (χ3v) is 3.48. The highest BCUT2D eigenvalue weighted by molar-refractivity contribution is 5.85. The van der Waals surface area contributed by atoms with Crippen LogP contribution in [0.1, 0.15) is 41.9 Å². The van der Waals surface area contributed by atoms with E-state index in [4.69, 9.17) is 5.11 Å². The van der Waals surface area contributed by atoms with Crippen LogP contribution in [0.15, 0.2) is 6.07 Å². The maximum absolute atomic E-state index is 11.2. The van der Waals surface area contributed by atoms with Crippen molar-refractivity contribution < 1.29 is 14.7 Å². The van der Waals surface area contributed by atoms with Crippen molar-refractivity contribution in [2.75, 3.05) is 13.1 Å². The van der Waals surface area contributed by atoms with Crippen LogP contribution in [0.3, 0.4) is 0 Å². The van der Waals surface area contributed by atoms with Crippen LogP contribution in [0.5, 0.6) is 0 Å². The van der Waals surface area contributed by atoms with Crippen molar-refractivity contribution >= 4 is 11.9 Å². The first-order valence-corrected chi connectivity index (χ1v) is 6.01. The van der Waals surface area contributed by atoms with Gasteiger partial charge in [0.25, 0.3) is 0 Å². The molecule has 0 saturated carbocycles. The van der Waals surface area contributed by atoms with E-state index in [0.717, 1.165) is 31.6 Å². The maximum atomic E-state index is 11.2. The fraction of sp³-hybridized carbons (Fsp3) is 0.583. The molecule has 1 aromatic heterocycles. The average molecular weight is 251 g/mol. The van der Waals surface area contributed by atoms with Gasteiger partial charge < -0.3 is 10.0 Å². The summed E-state index contributed by atoms with van der Waals surface area (Å²) in [4.78, 5) is 24.0. The van der Waals surface area contributed by atoms with Crippen LogP contribution < -0.4 is 0 Å². The van der Waals surface area contributed by atoms with E-state index in [2.05, 4.69) is 5.10 Å². The summed E-state index contributed by atoms with van der Waals surface area (Å²) in [5.41, 5.74) is 1.03. The molecule has 2 heterocycles. The number of carbonyl (C=O) groups excluding carboxylic acids is 1. The van der Waals surface area contributed by atoms with E-state index in [9.17, 15) is 9.59 Å². The Labute approximate surface area is 105 Å². The van der Waals surface area contributed by atoms with E-state index in [1.807, 2.05) is 4.90 Å². The second kappa shape index (κ2) is 4.80. The smallest absolute Gasteiger partial charge is 0.354 e. The average Bonchev–Trinajstić information content (AvgIpc) is 2.71. The lowest BCUT2D eigenvalue weighted by atomic mass is 9.93. The molecule has 0 bridgehead atoms. The molecule has 1 fully saturated rings. The number of nitrogens with zero attached hydrogens (tertiary/aromatic N) is 3. The number of carboxylic acids is 1. The van der Waals surface area contributed by atoms with Crippen LogP contribution in [0.25, 0.3) is 0 Å². The van der Waals surface area contributed by atoms with E-state index >= 15 is 0 Å². The minimum Gasteiger partial charge on any atom is -0.477 e. The first kappa shape index (κ1) is 12.6. The molecular formula is C12H17N3O3. The van der Waals surface area contributed by atoms with Crippen LogP contribution in [-0.2, 0) is 11.8 Å². The predicted molar refractivity (Wildman–Crippen MR) is 64.4 cm³/mol. The van der Waals surface area contributed by atoms with Crippen LogP contribution in [0, 0.1) is 0 Å². The van der Waals surface area contributed by atoms with E-state index in [1.54, 1.807) is 20.0 Å². The zero-order valence-corrected chi connectivity index (χ0v) is 10.6. The lowest BCUT2D eigenvalue weighted by molar-refractivity contribution is -0.129. The predicted octanol–water partition coefficient (Wildman–Crippen LogP) is 0.844. The van der Waals surface area contributed by atoms with Crippen molar-refractivity contribution in [1.29, 1.82) is 0 Å². The highest BCUT2D eigenvalue weighted by Gasteiger charge is 2.25. The molecule has 1 aromatic rings. The topological polar surface area (TPSA) is 75.4 Å². The quantitative estimate of drug-likeness (QED) is 0.845. The van der Waals surface area contributed by atoms with Crippen molar-refractivity contribution in [3.8, 4) is 0 Å². The van der Waals surface area contributed by atoms with Gasteiger partial charge in [-0.25, -0.2) is 4.79 Å². The van der Waals surface area contributed by atoms with Gasteiger partial charge in [0.2, 0.25) is 5.91 Å². The molecule has 1 saturated heterocycles. The number of carboxylic acid groups (broad SMARTS) is 1. The van der Waals surface area contributed by atoms with Crippen LogP contribution in [-0.4, -0.2) is 44.8 Å². The molecule has 0 spiro atoms. The third-order valence-electron chi connectivity index (χ3n) is 3.48. The monoisotopic (exact) mass is 251 g/mol. The molecule has 2 rings (SSSR count). The molecule has 0 atom stereocenters. The molecule has 0 unspecified atom stereocenters. The van der Waals surface area contributed by atoms with Crippen LogP contribution in [0.4, 0.5) is 0 Å². The Kier molecular flexibility index (Phi) is 3.36. The number of likely N-dealkylation sites (tertiary alicyclic amines) is 1. The van der Waals surface area contributed by atoms with Crippen LogP contribution in [0.2, 0.25) is 0 Å². The molecule has 1 aliphatic heterocycles. The molecule has 0 aliphatic carbocycles. The molecule has 0 aromatic carbocycles. The van der Waals surface area contributed by atoms with E-state index in [0.29, 0.717) is 0 Å². The first-order chi connectivity index (χ1) is 8.49. The summed E-state index contributed by atoms with van der Waals surface area (Å²) in [6.07, 6.45) is 1.69. The van der Waals surface area contributed by atoms with Gasteiger partial charge in [0.15, 0.2) is 0 Å². The molecule has 6 heteroatoms. The highest BCUT2D eigenvalue weighted by atomic mass is 16.4. The van der Waals surface area contributed by atoms with Crippen LogP contribution >= 0.6 is 0 Å². The Balaban J connectivity index is 2.08. The molecule has 1 amide bonds. The van der Waals surface area contributed by atoms with Crippen molar-refractivity contribution in [3.05, 3.63) is 17.5 Å². The van der Waals surface area contributed by atoms with Gasteiger partial charge in [-0.1, -0.05) is 0 Å². The molecular weight excluding hydrogens is 234 g/mol. The van der Waals surface area contributed by atoms with Gasteiger partial charge in [-0.2, -0.15) is 5.10 Å². The molecule has 18 heavy (non-hydrogen) atoms. The Morgan fingerprint density at radius 2 is 2.00 bits per heavy atom. The highest BCUT2D eigenvalue weighted by Crippen LogP contribution is 2.27. The number of piperidine rings is 1. The van der Waals surface area contributed by atoms with E-state index in [-0.39, 0.29) is 17.5 Å². The molecule has 6 nitrogen and oxygen atoms in total. The summed E-state index contributed by atoms with van der Waals surface area (Å²) < 4.78 is 1.40. The van der Waals surface area contributed by atoms with Crippen molar-refractivity contribution in [2.45, 2.75) is 25.7 Å². The number of hydrogen-bond acceptors (Lipinski definition) is 3. The van der Waals surface area contributed by atoms with Gasteiger partial charge in [-0.05, 0) is 18.9 Å². The summed E-state index contributed by atoms with van der Waals surface area (Å²) in [5, 5.41) is 13.2. The molecule has 1 N–H and O–H groups in total. The van der Waals surface area contributed by atoms with Gasteiger partial charge in [-0.15, -0.1) is 0 Å². The lowest BCUT2D eigenvalue weighted by Gasteiger charge is -2.30. The number of aromatic carboxylic acids is 1. The zero-order chi connectivity index (χ0) is 13.3. The van der Waals surface area contributed by atoms with Gasteiger partial charge in [0.05, 0.1) is 5.69 Å². The molecule has 0 radical (unpaired) electrons. The Bertz CT molecular complexity index is 473. The maximum Gasteiger partial charge on any atom is 0.354 e. The summed E-state index contributed by atoms with van der Waals surface area (Å²) in [7, 11) is 1.64. The normalized spacial score (nSPS) is 16.9. The number of aromatic nitrogens is 2. The first-order valence-electron chi connectivity index (χ1n) is 6.01. The van der Waals surface area contributed by atoms with Crippen molar-refractivity contribution in [2.24, 2.45) is 7.05 Å².